The van der Waals surface area contributed by atoms with Crippen molar-refractivity contribution in [2.24, 2.45) is 5.10 Å². The molecule has 5 nitrogen and oxygen atoms in total. The van der Waals surface area contributed by atoms with Crippen molar-refractivity contribution in [3.8, 4) is 5.75 Å². The Morgan fingerprint density at radius 1 is 1.40 bits per heavy atom. The Balaban J connectivity index is 2.04. The zero-order valence-corrected chi connectivity index (χ0v) is 12.3. The molecule has 0 saturated heterocycles. The summed E-state index contributed by atoms with van der Waals surface area (Å²) in [6.45, 7) is 1.85. The smallest absolute Gasteiger partial charge is 0.272 e. The van der Waals surface area contributed by atoms with E-state index in [4.69, 9.17) is 0 Å². The number of rotatable bonds is 3. The molecule has 0 aliphatic rings. The van der Waals surface area contributed by atoms with E-state index in [9.17, 15) is 9.90 Å². The van der Waals surface area contributed by atoms with Crippen LogP contribution in [-0.2, 0) is 0 Å². The Labute approximate surface area is 124 Å². The number of benzene rings is 1. The minimum absolute atomic E-state index is 0.128. The van der Waals surface area contributed by atoms with E-state index in [2.05, 4.69) is 31.4 Å². The number of carbonyl (C=O) groups excluding carboxylic acids is 1. The maximum absolute atomic E-state index is 11.8. The maximum atomic E-state index is 11.8. The van der Waals surface area contributed by atoms with Gasteiger partial charge in [-0.3, -0.25) is 9.78 Å². The number of phenols is 1. The van der Waals surface area contributed by atoms with Gasteiger partial charge in [0.15, 0.2) is 0 Å². The normalized spacial score (nSPS) is 10.7. The number of nitrogens with zero attached hydrogens (tertiary/aromatic N) is 2. The van der Waals surface area contributed by atoms with E-state index >= 15 is 0 Å². The highest BCUT2D eigenvalue weighted by atomic mass is 79.9. The largest absolute Gasteiger partial charge is 0.508 e. The summed E-state index contributed by atoms with van der Waals surface area (Å²) >= 11 is 3.33. The number of nitrogens with one attached hydrogen (secondary N) is 1. The third kappa shape index (κ3) is 3.64. The summed E-state index contributed by atoms with van der Waals surface area (Å²) in [5.41, 5.74) is 4.34. The van der Waals surface area contributed by atoms with Crippen molar-refractivity contribution in [3.63, 3.8) is 0 Å². The number of halogens is 1. The number of aryl methyl sites for hydroxylation is 1. The van der Waals surface area contributed by atoms with E-state index in [0.29, 0.717) is 11.1 Å². The van der Waals surface area contributed by atoms with Gasteiger partial charge in [0.2, 0.25) is 0 Å². The zero-order chi connectivity index (χ0) is 14.5. The van der Waals surface area contributed by atoms with E-state index in [1.165, 1.54) is 18.5 Å². The summed E-state index contributed by atoms with van der Waals surface area (Å²) in [4.78, 5) is 15.8. The van der Waals surface area contributed by atoms with Crippen molar-refractivity contribution in [3.05, 3.63) is 57.8 Å². The van der Waals surface area contributed by atoms with Crippen molar-refractivity contribution in [2.45, 2.75) is 6.92 Å². The van der Waals surface area contributed by atoms with Crippen molar-refractivity contribution in [1.82, 2.24) is 10.4 Å². The molecule has 1 amide bonds. The van der Waals surface area contributed by atoms with Crippen LogP contribution in [0.5, 0.6) is 5.75 Å². The Hall–Kier alpha value is -2.21. The van der Waals surface area contributed by atoms with Gasteiger partial charge in [0.05, 0.1) is 11.8 Å². The van der Waals surface area contributed by atoms with E-state index in [-0.39, 0.29) is 11.7 Å². The number of aromatic hydroxyl groups is 1. The summed E-state index contributed by atoms with van der Waals surface area (Å²) in [5, 5.41) is 13.2. The first kappa shape index (κ1) is 14.2. The monoisotopic (exact) mass is 333 g/mol. The van der Waals surface area contributed by atoms with Crippen LogP contribution in [0.1, 0.15) is 21.6 Å². The highest BCUT2D eigenvalue weighted by Gasteiger charge is 2.04. The fourth-order valence-electron chi connectivity index (χ4n) is 1.46. The molecule has 2 N–H and O–H groups in total. The van der Waals surface area contributed by atoms with Crippen LogP contribution in [0.25, 0.3) is 0 Å². The molecule has 102 valence electrons. The van der Waals surface area contributed by atoms with Crippen LogP contribution in [0.2, 0.25) is 0 Å². The summed E-state index contributed by atoms with van der Waals surface area (Å²) in [7, 11) is 0. The minimum Gasteiger partial charge on any atom is -0.508 e. The summed E-state index contributed by atoms with van der Waals surface area (Å²) < 4.78 is 0.769. The number of hydrogen-bond donors (Lipinski definition) is 2. The predicted octanol–water partition coefficient (Wildman–Crippen LogP) is 2.62. The van der Waals surface area contributed by atoms with Crippen molar-refractivity contribution in [2.75, 3.05) is 0 Å². The lowest BCUT2D eigenvalue weighted by molar-refractivity contribution is 0.0955. The number of pyridine rings is 1. The van der Waals surface area contributed by atoms with Crippen molar-refractivity contribution < 1.29 is 9.90 Å². The van der Waals surface area contributed by atoms with Crippen LogP contribution in [0.3, 0.4) is 0 Å². The molecular formula is C14H12BrN3O2. The third-order valence-electron chi connectivity index (χ3n) is 2.52. The number of hydrazone groups is 1. The summed E-state index contributed by atoms with van der Waals surface area (Å²) in [5.74, 6) is -0.214. The van der Waals surface area contributed by atoms with Crippen LogP contribution >= 0.6 is 15.9 Å². The molecule has 1 aromatic carbocycles. The molecule has 20 heavy (non-hydrogen) atoms. The lowest BCUT2D eigenvalue weighted by Crippen LogP contribution is -2.17. The Bertz CT molecular complexity index is 654. The van der Waals surface area contributed by atoms with Crippen molar-refractivity contribution in [1.29, 1.82) is 0 Å². The van der Waals surface area contributed by atoms with Crippen molar-refractivity contribution >= 4 is 28.1 Å². The molecule has 0 bridgehead atoms. The lowest BCUT2D eigenvalue weighted by atomic mass is 10.2. The molecule has 0 aliphatic carbocycles. The second-order valence-corrected chi connectivity index (χ2v) is 4.95. The molecule has 2 rings (SSSR count). The molecule has 0 atom stereocenters. The van der Waals surface area contributed by atoms with E-state index in [1.807, 2.05) is 6.92 Å². The van der Waals surface area contributed by atoms with Crippen LogP contribution < -0.4 is 5.43 Å². The molecule has 6 heteroatoms. The molecule has 1 heterocycles. The van der Waals surface area contributed by atoms with Gasteiger partial charge in [0, 0.05) is 21.9 Å². The highest BCUT2D eigenvalue weighted by Crippen LogP contribution is 2.19. The molecule has 0 spiro atoms. The highest BCUT2D eigenvalue weighted by molar-refractivity contribution is 9.10. The van der Waals surface area contributed by atoms with Gasteiger partial charge in [-0.25, -0.2) is 5.43 Å². The number of phenolic OH excluding ortho intramolecular Hbond substituents is 1. The molecule has 0 unspecified atom stereocenters. The third-order valence-corrected chi connectivity index (χ3v) is 3.25. The topological polar surface area (TPSA) is 74.6 Å². The summed E-state index contributed by atoms with van der Waals surface area (Å²) in [6, 6.07) is 8.22. The van der Waals surface area contributed by atoms with Gasteiger partial charge in [-0.05, 0) is 37.3 Å². The standard InChI is InChI=1S/C14H12BrN3O2/c1-9-2-3-10(7-16-9)14(20)18-17-8-11-6-12(19)4-5-13(11)15/h2-8,19H,1H3,(H,18,20). The number of carbonyl (C=O) groups is 1. The Morgan fingerprint density at radius 2 is 2.20 bits per heavy atom. The lowest BCUT2D eigenvalue weighted by Gasteiger charge is -2.01. The molecule has 1 aromatic heterocycles. The van der Waals surface area contributed by atoms with Gasteiger partial charge in [-0.15, -0.1) is 0 Å². The molecule has 2 aromatic rings. The quantitative estimate of drug-likeness (QED) is 0.669. The zero-order valence-electron chi connectivity index (χ0n) is 10.7. The van der Waals surface area contributed by atoms with E-state index in [1.54, 1.807) is 24.3 Å². The van der Waals surface area contributed by atoms with Gasteiger partial charge in [-0.2, -0.15) is 5.10 Å². The average molecular weight is 334 g/mol. The molecule has 0 saturated carbocycles. The second-order valence-electron chi connectivity index (χ2n) is 4.09. The average Bonchev–Trinajstić information content (AvgIpc) is 2.43. The molecule has 0 fully saturated rings. The van der Waals surface area contributed by atoms with E-state index < -0.39 is 0 Å². The second kappa shape index (κ2) is 6.29. The minimum atomic E-state index is -0.343. The number of aromatic nitrogens is 1. The van der Waals surface area contributed by atoms with Gasteiger partial charge < -0.3 is 5.11 Å². The van der Waals surface area contributed by atoms with Gasteiger partial charge >= 0.3 is 0 Å². The SMILES string of the molecule is Cc1ccc(C(=O)NN=Cc2cc(O)ccc2Br)cn1. The Morgan fingerprint density at radius 3 is 2.90 bits per heavy atom. The van der Waals surface area contributed by atoms with Crippen LogP contribution in [-0.4, -0.2) is 22.2 Å². The fraction of sp³-hybridized carbons (Fsp3) is 0.0714. The number of amides is 1. The first-order valence-corrected chi connectivity index (χ1v) is 6.60. The number of hydrogen-bond acceptors (Lipinski definition) is 4. The van der Waals surface area contributed by atoms with Crippen LogP contribution in [0.4, 0.5) is 0 Å². The van der Waals surface area contributed by atoms with E-state index in [0.717, 1.165) is 10.2 Å². The van der Waals surface area contributed by atoms with Crippen LogP contribution in [0, 0.1) is 6.92 Å². The molecule has 0 aliphatic heterocycles. The molecular weight excluding hydrogens is 322 g/mol. The van der Waals surface area contributed by atoms with Gasteiger partial charge in [0.25, 0.3) is 5.91 Å². The fourth-order valence-corrected chi connectivity index (χ4v) is 1.81. The first-order valence-electron chi connectivity index (χ1n) is 5.81. The Kier molecular flexibility index (Phi) is 4.47. The maximum Gasteiger partial charge on any atom is 0.272 e. The first-order chi connectivity index (χ1) is 9.56. The van der Waals surface area contributed by atoms with Gasteiger partial charge in [0.1, 0.15) is 5.75 Å². The van der Waals surface area contributed by atoms with Gasteiger partial charge in [-0.1, -0.05) is 15.9 Å². The molecule has 0 radical (unpaired) electrons. The van der Waals surface area contributed by atoms with Crippen LogP contribution in [0.15, 0.2) is 46.1 Å². The summed E-state index contributed by atoms with van der Waals surface area (Å²) in [6.07, 6.45) is 2.94. The predicted molar refractivity (Wildman–Crippen MR) is 79.8 cm³/mol.